The molecule has 13 heteroatoms. The van der Waals surface area contributed by atoms with Gasteiger partial charge in [0.25, 0.3) is 5.91 Å². The van der Waals surface area contributed by atoms with E-state index in [1.54, 1.807) is 18.2 Å². The molecule has 200 valence electrons. The zero-order valence-corrected chi connectivity index (χ0v) is 22.1. The number of thiazole rings is 1. The minimum Gasteiger partial charge on any atom is -0.473 e. The SMILES string of the molecule is O=C(Nc1nc2ccc(O[C@@H]3CCNC3)nc2s1)C(=NO[C@@H]1CCOC1)c1ccc(S(=O)(=O)C2CC2)cc1. The highest BCUT2D eigenvalue weighted by molar-refractivity contribution is 7.92. The van der Waals surface area contributed by atoms with Crippen LogP contribution in [0, 0.1) is 0 Å². The molecule has 2 atom stereocenters. The minimum atomic E-state index is -3.35. The first-order valence-corrected chi connectivity index (χ1v) is 14.9. The van der Waals surface area contributed by atoms with Gasteiger partial charge in [-0.3, -0.25) is 10.1 Å². The van der Waals surface area contributed by atoms with Crippen LogP contribution in [-0.4, -0.2) is 73.8 Å². The predicted molar refractivity (Wildman–Crippen MR) is 141 cm³/mol. The highest BCUT2D eigenvalue weighted by atomic mass is 32.2. The van der Waals surface area contributed by atoms with E-state index in [1.807, 2.05) is 6.07 Å². The normalized spacial score (nSPS) is 22.1. The van der Waals surface area contributed by atoms with Gasteiger partial charge in [-0.2, -0.15) is 0 Å². The molecule has 4 heterocycles. The Morgan fingerprint density at radius 2 is 1.92 bits per heavy atom. The van der Waals surface area contributed by atoms with Crippen molar-refractivity contribution in [3.8, 4) is 5.88 Å². The summed E-state index contributed by atoms with van der Waals surface area (Å²) in [6, 6.07) is 9.74. The van der Waals surface area contributed by atoms with Crippen LogP contribution in [0.15, 0.2) is 46.4 Å². The van der Waals surface area contributed by atoms with Crippen LogP contribution in [0.4, 0.5) is 5.13 Å². The van der Waals surface area contributed by atoms with Gasteiger partial charge >= 0.3 is 0 Å². The van der Waals surface area contributed by atoms with Gasteiger partial charge in [0, 0.05) is 24.6 Å². The summed E-state index contributed by atoms with van der Waals surface area (Å²) in [5, 5.41) is 10.2. The van der Waals surface area contributed by atoms with E-state index in [0.717, 1.165) is 19.5 Å². The molecule has 0 spiro atoms. The van der Waals surface area contributed by atoms with Gasteiger partial charge in [-0.05, 0) is 44.0 Å². The Morgan fingerprint density at radius 3 is 2.63 bits per heavy atom. The number of nitrogens with one attached hydrogen (secondary N) is 2. The smallest absolute Gasteiger partial charge is 0.280 e. The van der Waals surface area contributed by atoms with Crippen molar-refractivity contribution in [1.82, 2.24) is 15.3 Å². The van der Waals surface area contributed by atoms with E-state index in [9.17, 15) is 13.2 Å². The largest absolute Gasteiger partial charge is 0.473 e. The van der Waals surface area contributed by atoms with Gasteiger partial charge in [-0.15, -0.1) is 0 Å². The van der Waals surface area contributed by atoms with E-state index >= 15 is 0 Å². The Bertz CT molecular complexity index is 1460. The molecule has 0 unspecified atom stereocenters. The van der Waals surface area contributed by atoms with E-state index in [-0.39, 0.29) is 28.1 Å². The Labute approximate surface area is 223 Å². The molecule has 2 aliphatic heterocycles. The maximum absolute atomic E-state index is 13.3. The molecule has 1 aliphatic carbocycles. The van der Waals surface area contributed by atoms with Crippen molar-refractivity contribution in [2.24, 2.45) is 5.16 Å². The van der Waals surface area contributed by atoms with Crippen molar-refractivity contribution in [2.45, 2.75) is 48.0 Å². The second-order valence-corrected chi connectivity index (χ2v) is 12.7. The van der Waals surface area contributed by atoms with Crippen LogP contribution in [0.1, 0.15) is 31.2 Å². The summed E-state index contributed by atoms with van der Waals surface area (Å²) in [4.78, 5) is 28.8. The number of anilines is 1. The number of hydrogen-bond donors (Lipinski definition) is 2. The molecular formula is C25H27N5O6S2. The first-order valence-electron chi connectivity index (χ1n) is 12.6. The van der Waals surface area contributed by atoms with Crippen molar-refractivity contribution in [2.75, 3.05) is 31.6 Å². The molecule has 2 saturated heterocycles. The number of nitrogens with zero attached hydrogens (tertiary/aromatic N) is 3. The Hall–Kier alpha value is -3.13. The van der Waals surface area contributed by atoms with Crippen LogP contribution in [-0.2, 0) is 24.2 Å². The van der Waals surface area contributed by atoms with Gasteiger partial charge in [0.15, 0.2) is 26.8 Å². The molecular weight excluding hydrogens is 530 g/mol. The molecule has 3 fully saturated rings. The molecule has 3 aliphatic rings. The molecule has 1 aromatic carbocycles. The lowest BCUT2D eigenvalue weighted by Crippen LogP contribution is -2.25. The third-order valence-electron chi connectivity index (χ3n) is 6.57. The van der Waals surface area contributed by atoms with Crippen molar-refractivity contribution >= 4 is 48.3 Å². The number of fused-ring (bicyclic) bond motifs is 1. The highest BCUT2D eigenvalue weighted by Gasteiger charge is 2.37. The van der Waals surface area contributed by atoms with Gasteiger partial charge in [-0.25, -0.2) is 18.4 Å². The van der Waals surface area contributed by atoms with E-state index in [4.69, 9.17) is 14.3 Å². The molecule has 38 heavy (non-hydrogen) atoms. The summed E-state index contributed by atoms with van der Waals surface area (Å²) >= 11 is 1.22. The lowest BCUT2D eigenvalue weighted by atomic mass is 10.1. The number of aromatic nitrogens is 2. The summed E-state index contributed by atoms with van der Waals surface area (Å²) in [5.74, 6) is -0.0160. The molecule has 6 rings (SSSR count). The van der Waals surface area contributed by atoms with Crippen molar-refractivity contribution in [3.63, 3.8) is 0 Å². The second kappa shape index (κ2) is 10.6. The molecule has 0 radical (unpaired) electrons. The fourth-order valence-corrected chi connectivity index (χ4v) is 6.78. The zero-order valence-electron chi connectivity index (χ0n) is 20.5. The van der Waals surface area contributed by atoms with Crippen LogP contribution in [0.25, 0.3) is 10.3 Å². The molecule has 2 N–H and O–H groups in total. The van der Waals surface area contributed by atoms with E-state index in [0.29, 0.717) is 59.4 Å². The predicted octanol–water partition coefficient (Wildman–Crippen LogP) is 2.52. The van der Waals surface area contributed by atoms with Gasteiger partial charge in [0.1, 0.15) is 16.5 Å². The third-order valence-corrected chi connectivity index (χ3v) is 9.73. The fraction of sp³-hybridized carbons (Fsp3) is 0.440. The Kier molecular flexibility index (Phi) is 6.99. The van der Waals surface area contributed by atoms with E-state index in [2.05, 4.69) is 25.8 Å². The molecule has 2 aromatic heterocycles. The highest BCUT2D eigenvalue weighted by Crippen LogP contribution is 2.33. The number of rotatable bonds is 9. The van der Waals surface area contributed by atoms with Gasteiger partial charge in [-0.1, -0.05) is 28.6 Å². The number of oxime groups is 1. The van der Waals surface area contributed by atoms with E-state index in [1.165, 1.54) is 23.5 Å². The van der Waals surface area contributed by atoms with Crippen LogP contribution < -0.4 is 15.4 Å². The maximum atomic E-state index is 13.3. The number of ether oxygens (including phenoxy) is 2. The first kappa shape index (κ1) is 25.2. The number of amides is 1. The van der Waals surface area contributed by atoms with Crippen molar-refractivity contribution in [3.05, 3.63) is 42.0 Å². The summed E-state index contributed by atoms with van der Waals surface area (Å²) in [6.45, 7) is 2.66. The minimum absolute atomic E-state index is 0.0113. The topological polar surface area (TPSA) is 141 Å². The molecule has 3 aromatic rings. The summed E-state index contributed by atoms with van der Waals surface area (Å²) < 4.78 is 36.4. The lowest BCUT2D eigenvalue weighted by Gasteiger charge is -2.10. The van der Waals surface area contributed by atoms with Crippen LogP contribution in [0.3, 0.4) is 0 Å². The average molecular weight is 558 g/mol. The molecule has 1 saturated carbocycles. The van der Waals surface area contributed by atoms with Crippen molar-refractivity contribution in [1.29, 1.82) is 0 Å². The number of carbonyl (C=O) groups excluding carboxylic acids is 1. The molecule has 11 nitrogen and oxygen atoms in total. The number of carbonyl (C=O) groups is 1. The summed E-state index contributed by atoms with van der Waals surface area (Å²) in [7, 11) is -3.35. The number of benzene rings is 1. The van der Waals surface area contributed by atoms with Crippen LogP contribution >= 0.6 is 11.3 Å². The Morgan fingerprint density at radius 1 is 1.08 bits per heavy atom. The quantitative estimate of drug-likeness (QED) is 0.300. The zero-order chi connectivity index (χ0) is 26.1. The Balaban J connectivity index is 1.22. The van der Waals surface area contributed by atoms with Crippen LogP contribution in [0.5, 0.6) is 5.88 Å². The summed E-state index contributed by atoms with van der Waals surface area (Å²) in [6.07, 6.45) is 2.78. The molecule has 0 bridgehead atoms. The van der Waals surface area contributed by atoms with Gasteiger partial charge < -0.3 is 19.6 Å². The number of sulfone groups is 1. The van der Waals surface area contributed by atoms with Gasteiger partial charge in [0.05, 0.1) is 23.4 Å². The third kappa shape index (κ3) is 5.51. The second-order valence-electron chi connectivity index (χ2n) is 9.48. The van der Waals surface area contributed by atoms with Crippen LogP contribution in [0.2, 0.25) is 0 Å². The number of hydrogen-bond acceptors (Lipinski definition) is 11. The lowest BCUT2D eigenvalue weighted by molar-refractivity contribution is -0.110. The summed E-state index contributed by atoms with van der Waals surface area (Å²) in [5.41, 5.74) is 1.07. The molecule has 1 amide bonds. The maximum Gasteiger partial charge on any atom is 0.280 e. The van der Waals surface area contributed by atoms with Gasteiger partial charge in [0.2, 0.25) is 5.88 Å². The standard InChI is InChI=1S/C25H27N5O6S2/c31-23(29-25-27-20-7-8-21(28-24(20)37-25)35-16-9-11-26-13-16)22(30-36-17-10-12-34-14-17)15-1-3-18(4-2-15)38(32,33)19-5-6-19/h1-4,7-8,16-17,19,26H,5-6,9-14H2,(H,27,29,31)/t16-,17-/m1/s1. The first-order chi connectivity index (χ1) is 18.5. The van der Waals surface area contributed by atoms with Crippen molar-refractivity contribution < 1.29 is 27.5 Å². The number of pyridine rings is 1. The fourth-order valence-electron chi connectivity index (χ4n) is 4.30. The van der Waals surface area contributed by atoms with E-state index < -0.39 is 15.7 Å². The monoisotopic (exact) mass is 557 g/mol. The average Bonchev–Trinajstić information content (AvgIpc) is 3.26.